The van der Waals surface area contributed by atoms with E-state index in [-0.39, 0.29) is 29.7 Å². The van der Waals surface area contributed by atoms with E-state index in [0.717, 1.165) is 0 Å². The van der Waals surface area contributed by atoms with Gasteiger partial charge in [0.1, 0.15) is 23.0 Å². The third-order valence-corrected chi connectivity index (χ3v) is 5.32. The Hall–Kier alpha value is -2.62. The van der Waals surface area contributed by atoms with Crippen LogP contribution in [0.4, 0.5) is 0 Å². The zero-order valence-corrected chi connectivity index (χ0v) is 17.5. The van der Waals surface area contributed by atoms with E-state index >= 15 is 0 Å². The van der Waals surface area contributed by atoms with Gasteiger partial charge in [0.25, 0.3) is 0 Å². The van der Waals surface area contributed by atoms with Gasteiger partial charge < -0.3 is 23.3 Å². The van der Waals surface area contributed by atoms with Crippen molar-refractivity contribution >= 4 is 16.0 Å². The first-order valence-corrected chi connectivity index (χ1v) is 10.2. The summed E-state index contributed by atoms with van der Waals surface area (Å²) in [7, 11) is 0.419. The van der Waals surface area contributed by atoms with Gasteiger partial charge in [0.15, 0.2) is 0 Å². The van der Waals surface area contributed by atoms with E-state index in [0.29, 0.717) is 24.5 Å². The van der Waals surface area contributed by atoms with Crippen LogP contribution in [-0.4, -0.2) is 60.3 Å². The van der Waals surface area contributed by atoms with Gasteiger partial charge >= 0.3 is 10.1 Å². The summed E-state index contributed by atoms with van der Waals surface area (Å²) < 4.78 is 45.7. The molecular weight excluding hydrogens is 398 g/mol. The van der Waals surface area contributed by atoms with Crippen LogP contribution in [0.15, 0.2) is 53.4 Å². The number of carbonyl (C=O) groups excluding carboxylic acids is 1. The Morgan fingerprint density at radius 1 is 0.966 bits per heavy atom. The number of hydrogen-bond donors (Lipinski definition) is 0. The summed E-state index contributed by atoms with van der Waals surface area (Å²) in [6.45, 7) is 0.734. The largest absolute Gasteiger partial charge is 0.497 e. The van der Waals surface area contributed by atoms with Crippen molar-refractivity contribution in [3.63, 3.8) is 0 Å². The molecule has 0 heterocycles. The predicted octanol–water partition coefficient (Wildman–Crippen LogP) is 2.08. The van der Waals surface area contributed by atoms with Gasteiger partial charge in [-0.15, -0.1) is 0 Å². The molecule has 0 radical (unpaired) electrons. The molecule has 0 saturated carbocycles. The fourth-order valence-corrected chi connectivity index (χ4v) is 3.50. The van der Waals surface area contributed by atoms with Gasteiger partial charge in [-0.2, -0.15) is 8.42 Å². The molecule has 29 heavy (non-hydrogen) atoms. The molecule has 0 bridgehead atoms. The van der Waals surface area contributed by atoms with Crippen molar-refractivity contribution < 1.29 is 31.6 Å². The number of benzene rings is 2. The fourth-order valence-electron chi connectivity index (χ4n) is 2.54. The van der Waals surface area contributed by atoms with E-state index < -0.39 is 10.1 Å². The Morgan fingerprint density at radius 3 is 2.28 bits per heavy atom. The number of methoxy groups -OCH3 is 3. The minimum Gasteiger partial charge on any atom is -0.497 e. The highest BCUT2D eigenvalue weighted by molar-refractivity contribution is 7.87. The molecule has 0 aliphatic heterocycles. The quantitative estimate of drug-likeness (QED) is 0.511. The highest BCUT2D eigenvalue weighted by Gasteiger charge is 2.21. The Kier molecular flexibility index (Phi) is 8.44. The second kappa shape index (κ2) is 10.8. The van der Waals surface area contributed by atoms with Crippen molar-refractivity contribution in [1.29, 1.82) is 0 Å². The van der Waals surface area contributed by atoms with Gasteiger partial charge in [-0.25, -0.2) is 0 Å². The number of ether oxygens (including phenoxy) is 3. The first-order valence-electron chi connectivity index (χ1n) is 8.83. The molecule has 158 valence electrons. The van der Waals surface area contributed by atoms with Gasteiger partial charge in [0, 0.05) is 32.9 Å². The number of amides is 1. The lowest BCUT2D eigenvalue weighted by Gasteiger charge is -2.23. The van der Waals surface area contributed by atoms with E-state index in [1.807, 2.05) is 0 Å². The van der Waals surface area contributed by atoms with Crippen molar-refractivity contribution in [3.05, 3.63) is 54.1 Å². The maximum absolute atomic E-state index is 12.7. The lowest BCUT2D eigenvalue weighted by Crippen LogP contribution is -2.36. The zero-order valence-electron chi connectivity index (χ0n) is 16.7. The number of para-hydroxylation sites is 1. The second-order valence-electron chi connectivity index (χ2n) is 6.06. The van der Waals surface area contributed by atoms with Crippen LogP contribution >= 0.6 is 0 Å². The maximum Gasteiger partial charge on any atom is 0.339 e. The summed E-state index contributed by atoms with van der Waals surface area (Å²) in [6.07, 6.45) is 0. The number of nitrogens with zero attached hydrogens (tertiary/aromatic N) is 1. The summed E-state index contributed by atoms with van der Waals surface area (Å²) in [5, 5.41) is 0. The molecule has 0 aromatic heterocycles. The predicted molar refractivity (Wildman–Crippen MR) is 106 cm³/mol. The summed E-state index contributed by atoms with van der Waals surface area (Å²) in [5.74, 6) is 0.447. The van der Waals surface area contributed by atoms with Crippen LogP contribution < -0.4 is 8.92 Å². The lowest BCUT2D eigenvalue weighted by molar-refractivity contribution is -0.136. The van der Waals surface area contributed by atoms with Crippen LogP contribution in [0.3, 0.4) is 0 Å². The van der Waals surface area contributed by atoms with Crippen molar-refractivity contribution in [2.24, 2.45) is 0 Å². The monoisotopic (exact) mass is 423 g/mol. The van der Waals surface area contributed by atoms with Crippen LogP contribution in [0.5, 0.6) is 11.5 Å². The molecule has 0 aliphatic carbocycles. The summed E-state index contributed by atoms with van der Waals surface area (Å²) >= 11 is 0. The third kappa shape index (κ3) is 6.45. The Morgan fingerprint density at radius 2 is 1.66 bits per heavy atom. The highest BCUT2D eigenvalue weighted by atomic mass is 32.2. The molecule has 2 rings (SSSR count). The first kappa shape index (κ1) is 22.7. The second-order valence-corrected chi connectivity index (χ2v) is 7.61. The molecule has 0 atom stereocenters. The molecule has 0 unspecified atom stereocenters. The average molecular weight is 423 g/mol. The van der Waals surface area contributed by atoms with Crippen molar-refractivity contribution in [3.8, 4) is 11.5 Å². The first-order chi connectivity index (χ1) is 13.9. The van der Waals surface area contributed by atoms with Crippen molar-refractivity contribution in [1.82, 2.24) is 4.90 Å². The average Bonchev–Trinajstić information content (AvgIpc) is 2.72. The lowest BCUT2D eigenvalue weighted by atomic mass is 10.2. The number of carbonyl (C=O) groups is 1. The SMILES string of the molecule is COCCN(Cc1ccccc1OS(=O)(=O)c1ccc(OC)cc1)C(=O)COC. The van der Waals surface area contributed by atoms with E-state index in [4.69, 9.17) is 18.4 Å². The van der Waals surface area contributed by atoms with E-state index in [2.05, 4.69) is 0 Å². The smallest absolute Gasteiger partial charge is 0.339 e. The molecule has 0 spiro atoms. The minimum absolute atomic E-state index is 0.000184. The molecule has 0 aliphatic rings. The van der Waals surface area contributed by atoms with E-state index in [1.165, 1.54) is 50.5 Å². The van der Waals surface area contributed by atoms with Gasteiger partial charge in [-0.1, -0.05) is 18.2 Å². The van der Waals surface area contributed by atoms with Crippen LogP contribution in [0.25, 0.3) is 0 Å². The normalized spacial score (nSPS) is 11.1. The fraction of sp³-hybridized carbons (Fsp3) is 0.350. The van der Waals surface area contributed by atoms with Crippen LogP contribution in [-0.2, 0) is 30.9 Å². The Bertz CT molecular complexity index is 897. The Labute approximate surface area is 171 Å². The van der Waals surface area contributed by atoms with Crippen molar-refractivity contribution in [2.45, 2.75) is 11.4 Å². The molecular formula is C20H25NO7S. The maximum atomic E-state index is 12.7. The molecule has 2 aromatic rings. The summed E-state index contributed by atoms with van der Waals surface area (Å²) in [4.78, 5) is 13.8. The van der Waals surface area contributed by atoms with Crippen LogP contribution in [0.2, 0.25) is 0 Å². The molecule has 1 amide bonds. The highest BCUT2D eigenvalue weighted by Crippen LogP contribution is 2.25. The summed E-state index contributed by atoms with van der Waals surface area (Å²) in [5.41, 5.74) is 0.546. The van der Waals surface area contributed by atoms with Gasteiger partial charge in [0.2, 0.25) is 5.91 Å². The number of rotatable bonds is 11. The summed E-state index contributed by atoms with van der Waals surface area (Å²) in [6, 6.07) is 12.6. The van der Waals surface area contributed by atoms with E-state index in [1.54, 1.807) is 24.3 Å². The van der Waals surface area contributed by atoms with Gasteiger partial charge in [0.05, 0.1) is 13.7 Å². The van der Waals surface area contributed by atoms with Crippen LogP contribution in [0, 0.1) is 0 Å². The zero-order chi connectivity index (χ0) is 21.3. The topological polar surface area (TPSA) is 91.4 Å². The van der Waals surface area contributed by atoms with Gasteiger partial charge in [-0.3, -0.25) is 4.79 Å². The molecule has 0 N–H and O–H groups in total. The standard InChI is InChI=1S/C20H25NO7S/c1-25-13-12-21(20(22)15-26-2)14-16-6-4-5-7-19(16)28-29(23,24)18-10-8-17(27-3)9-11-18/h4-11H,12-15H2,1-3H3. The van der Waals surface area contributed by atoms with Gasteiger partial charge in [-0.05, 0) is 30.3 Å². The molecule has 0 fully saturated rings. The Balaban J connectivity index is 2.25. The third-order valence-electron chi connectivity index (χ3n) is 4.07. The molecule has 2 aromatic carbocycles. The molecule has 8 nitrogen and oxygen atoms in total. The van der Waals surface area contributed by atoms with Crippen LogP contribution in [0.1, 0.15) is 5.56 Å². The van der Waals surface area contributed by atoms with E-state index in [9.17, 15) is 13.2 Å². The van der Waals surface area contributed by atoms with Crippen molar-refractivity contribution in [2.75, 3.05) is 41.1 Å². The molecule has 0 saturated heterocycles. The number of hydrogen-bond acceptors (Lipinski definition) is 7. The minimum atomic E-state index is -4.05. The molecule has 9 heteroatoms.